The molecule has 3 heteroatoms. The second kappa shape index (κ2) is 3.80. The molecule has 0 saturated carbocycles. The third-order valence-corrected chi connectivity index (χ3v) is 2.30. The number of fused-ring (bicyclic) bond motifs is 1. The maximum atomic E-state index is 4.40. The fraction of sp³-hybridized carbons (Fsp3) is 0.364. The molecule has 74 valence electrons. The number of hydrogen-bond donors (Lipinski definition) is 0. The molecule has 2 aromatic rings. The Morgan fingerprint density at radius 3 is 3.00 bits per heavy atom. The van der Waals surface area contributed by atoms with Gasteiger partial charge in [0.15, 0.2) is 0 Å². The molecule has 0 aromatic carbocycles. The van der Waals surface area contributed by atoms with Crippen LogP contribution in [0.15, 0.2) is 30.6 Å². The number of aromatic nitrogens is 2. The van der Waals surface area contributed by atoms with Crippen molar-refractivity contribution < 1.29 is 0 Å². The maximum absolute atomic E-state index is 4.40. The number of nitrogens with zero attached hydrogens (tertiary/aromatic N) is 3. The Balaban J connectivity index is 2.25. The van der Waals surface area contributed by atoms with E-state index >= 15 is 0 Å². The fourth-order valence-electron chi connectivity index (χ4n) is 1.51. The lowest BCUT2D eigenvalue weighted by atomic mass is 10.3. The van der Waals surface area contributed by atoms with E-state index in [0.29, 0.717) is 0 Å². The van der Waals surface area contributed by atoms with Gasteiger partial charge in [0.05, 0.1) is 11.7 Å². The van der Waals surface area contributed by atoms with Crippen LogP contribution in [-0.4, -0.2) is 34.9 Å². The normalized spacial score (nSPS) is 11.4. The lowest BCUT2D eigenvalue weighted by molar-refractivity contribution is 0.409. The number of likely N-dealkylation sites (N-methyl/N-ethyl adjacent to an activating group) is 1. The standard InChI is InChI=1S/C11H15N3/c1-13(2)8-6-11-12-9-10-5-3-4-7-14(10)11/h3-5,7,9H,6,8H2,1-2H3. The van der Waals surface area contributed by atoms with Crippen molar-refractivity contribution in [1.82, 2.24) is 14.3 Å². The second-order valence-electron chi connectivity index (χ2n) is 3.72. The predicted molar refractivity (Wildman–Crippen MR) is 57.5 cm³/mol. The van der Waals surface area contributed by atoms with Crippen LogP contribution in [0.2, 0.25) is 0 Å². The monoisotopic (exact) mass is 189 g/mol. The smallest absolute Gasteiger partial charge is 0.114 e. The van der Waals surface area contributed by atoms with Gasteiger partial charge in [0.25, 0.3) is 0 Å². The molecule has 0 N–H and O–H groups in total. The molecule has 3 nitrogen and oxygen atoms in total. The third-order valence-electron chi connectivity index (χ3n) is 2.30. The van der Waals surface area contributed by atoms with E-state index in [9.17, 15) is 0 Å². The summed E-state index contributed by atoms with van der Waals surface area (Å²) in [7, 11) is 4.16. The molecule has 0 radical (unpaired) electrons. The van der Waals surface area contributed by atoms with E-state index in [4.69, 9.17) is 0 Å². The van der Waals surface area contributed by atoms with E-state index in [-0.39, 0.29) is 0 Å². The largest absolute Gasteiger partial charge is 0.309 e. The zero-order chi connectivity index (χ0) is 9.97. The zero-order valence-electron chi connectivity index (χ0n) is 8.64. The molecule has 14 heavy (non-hydrogen) atoms. The first-order valence-electron chi connectivity index (χ1n) is 4.83. The van der Waals surface area contributed by atoms with E-state index in [1.165, 1.54) is 5.52 Å². The van der Waals surface area contributed by atoms with Gasteiger partial charge in [-0.25, -0.2) is 4.98 Å². The molecule has 0 spiro atoms. The molecule has 0 unspecified atom stereocenters. The average Bonchev–Trinajstić information content (AvgIpc) is 2.58. The molecule has 0 aliphatic carbocycles. The summed E-state index contributed by atoms with van der Waals surface area (Å²) in [6, 6.07) is 6.15. The van der Waals surface area contributed by atoms with Gasteiger partial charge >= 0.3 is 0 Å². The predicted octanol–water partition coefficient (Wildman–Crippen LogP) is 1.44. The number of pyridine rings is 1. The van der Waals surface area contributed by atoms with Crippen molar-refractivity contribution in [2.24, 2.45) is 0 Å². The Labute approximate surface area is 84.0 Å². The van der Waals surface area contributed by atoms with Crippen molar-refractivity contribution in [3.63, 3.8) is 0 Å². The first kappa shape index (κ1) is 9.21. The highest BCUT2D eigenvalue weighted by Gasteiger charge is 2.02. The van der Waals surface area contributed by atoms with Crippen LogP contribution in [0.3, 0.4) is 0 Å². The zero-order valence-corrected chi connectivity index (χ0v) is 8.64. The van der Waals surface area contributed by atoms with Crippen LogP contribution in [0.25, 0.3) is 5.52 Å². The van der Waals surface area contributed by atoms with Crippen molar-refractivity contribution >= 4 is 5.52 Å². The van der Waals surface area contributed by atoms with E-state index in [0.717, 1.165) is 18.8 Å². The summed E-state index contributed by atoms with van der Waals surface area (Å²) in [6.45, 7) is 1.04. The molecular formula is C11H15N3. The lowest BCUT2D eigenvalue weighted by Gasteiger charge is -2.08. The topological polar surface area (TPSA) is 20.5 Å². The van der Waals surface area contributed by atoms with E-state index in [2.05, 4.69) is 40.6 Å². The highest BCUT2D eigenvalue weighted by molar-refractivity contribution is 5.45. The minimum Gasteiger partial charge on any atom is -0.309 e. The number of imidazole rings is 1. The minimum atomic E-state index is 0.991. The van der Waals surface area contributed by atoms with Gasteiger partial charge in [0.1, 0.15) is 5.82 Å². The molecule has 0 fully saturated rings. The quantitative estimate of drug-likeness (QED) is 0.728. The van der Waals surface area contributed by atoms with Crippen LogP contribution in [0.1, 0.15) is 5.82 Å². The summed E-state index contributed by atoms with van der Waals surface area (Å²) in [5.41, 5.74) is 1.17. The van der Waals surface area contributed by atoms with E-state index < -0.39 is 0 Å². The highest BCUT2D eigenvalue weighted by Crippen LogP contribution is 2.06. The van der Waals surface area contributed by atoms with Gasteiger partial charge in [-0.3, -0.25) is 0 Å². The van der Waals surface area contributed by atoms with Crippen LogP contribution < -0.4 is 0 Å². The van der Waals surface area contributed by atoms with Gasteiger partial charge in [0.2, 0.25) is 0 Å². The molecule has 0 aliphatic heterocycles. The Morgan fingerprint density at radius 1 is 1.36 bits per heavy atom. The molecule has 2 heterocycles. The number of rotatable bonds is 3. The summed E-state index contributed by atoms with van der Waals surface area (Å²) in [6.07, 6.45) is 4.98. The molecule has 0 amide bonds. The fourth-order valence-corrected chi connectivity index (χ4v) is 1.51. The summed E-state index contributed by atoms with van der Waals surface area (Å²) in [5, 5.41) is 0. The molecule has 0 bridgehead atoms. The Kier molecular flexibility index (Phi) is 2.50. The van der Waals surface area contributed by atoms with Gasteiger partial charge in [-0.1, -0.05) is 6.07 Å². The summed E-state index contributed by atoms with van der Waals surface area (Å²) < 4.78 is 2.14. The van der Waals surface area contributed by atoms with Crippen molar-refractivity contribution in [3.8, 4) is 0 Å². The minimum absolute atomic E-state index is 0.991. The van der Waals surface area contributed by atoms with Gasteiger partial charge in [-0.15, -0.1) is 0 Å². The summed E-state index contributed by atoms with van der Waals surface area (Å²) >= 11 is 0. The first-order chi connectivity index (χ1) is 6.77. The Bertz CT molecular complexity index is 417. The molecule has 0 atom stereocenters. The van der Waals surface area contributed by atoms with Gasteiger partial charge in [-0.05, 0) is 26.2 Å². The van der Waals surface area contributed by atoms with E-state index in [1.54, 1.807) is 0 Å². The molecular weight excluding hydrogens is 174 g/mol. The van der Waals surface area contributed by atoms with Gasteiger partial charge in [-0.2, -0.15) is 0 Å². The van der Waals surface area contributed by atoms with Gasteiger partial charge < -0.3 is 9.30 Å². The summed E-state index contributed by atoms with van der Waals surface area (Å²) in [5.74, 6) is 1.13. The van der Waals surface area contributed by atoms with Crippen molar-refractivity contribution in [2.75, 3.05) is 20.6 Å². The van der Waals surface area contributed by atoms with Crippen LogP contribution in [0.4, 0.5) is 0 Å². The van der Waals surface area contributed by atoms with Gasteiger partial charge in [0, 0.05) is 19.2 Å². The maximum Gasteiger partial charge on any atom is 0.114 e. The Morgan fingerprint density at radius 2 is 2.21 bits per heavy atom. The van der Waals surface area contributed by atoms with E-state index in [1.807, 2.05) is 18.3 Å². The van der Waals surface area contributed by atoms with Crippen LogP contribution in [0, 0.1) is 0 Å². The Hall–Kier alpha value is -1.35. The molecule has 2 rings (SSSR count). The van der Waals surface area contributed by atoms with Crippen molar-refractivity contribution in [1.29, 1.82) is 0 Å². The highest BCUT2D eigenvalue weighted by atomic mass is 15.1. The molecule has 0 aliphatic rings. The molecule has 0 saturated heterocycles. The lowest BCUT2D eigenvalue weighted by Crippen LogP contribution is -2.16. The van der Waals surface area contributed by atoms with Crippen LogP contribution in [-0.2, 0) is 6.42 Å². The van der Waals surface area contributed by atoms with Crippen molar-refractivity contribution in [3.05, 3.63) is 36.4 Å². The molecule has 2 aromatic heterocycles. The first-order valence-corrected chi connectivity index (χ1v) is 4.83. The third kappa shape index (κ3) is 1.77. The number of hydrogen-bond acceptors (Lipinski definition) is 2. The SMILES string of the molecule is CN(C)CCc1ncc2ccccn12. The second-order valence-corrected chi connectivity index (χ2v) is 3.72. The van der Waals surface area contributed by atoms with Crippen LogP contribution >= 0.6 is 0 Å². The summed E-state index contributed by atoms with van der Waals surface area (Å²) in [4.78, 5) is 6.57. The van der Waals surface area contributed by atoms with Crippen molar-refractivity contribution in [2.45, 2.75) is 6.42 Å². The van der Waals surface area contributed by atoms with Crippen LogP contribution in [0.5, 0.6) is 0 Å². The average molecular weight is 189 g/mol.